The molecule has 0 spiro atoms. The Morgan fingerprint density at radius 3 is 2.89 bits per heavy atom. The van der Waals surface area contributed by atoms with Gasteiger partial charge in [-0.25, -0.2) is 4.79 Å². The van der Waals surface area contributed by atoms with Crippen molar-refractivity contribution in [2.24, 2.45) is 0 Å². The number of aromatic carboxylic acids is 1. The zero-order valence-corrected chi connectivity index (χ0v) is 10.3. The fourth-order valence-corrected chi connectivity index (χ4v) is 2.22. The fourth-order valence-electron chi connectivity index (χ4n) is 2.22. The summed E-state index contributed by atoms with van der Waals surface area (Å²) in [6.45, 7) is 0. The first-order chi connectivity index (χ1) is 8.69. The van der Waals surface area contributed by atoms with E-state index in [0.29, 0.717) is 5.75 Å². The zero-order chi connectivity index (χ0) is 13.0. The van der Waals surface area contributed by atoms with Gasteiger partial charge in [0.2, 0.25) is 0 Å². The molecule has 1 aromatic rings. The number of ether oxygens (including phenoxy) is 2. The van der Waals surface area contributed by atoms with Crippen molar-refractivity contribution >= 4 is 5.97 Å². The number of carbonyl (C=O) groups is 1. The van der Waals surface area contributed by atoms with Crippen molar-refractivity contribution in [3.8, 4) is 5.75 Å². The summed E-state index contributed by atoms with van der Waals surface area (Å²) in [5.41, 5.74) is 0.145. The maximum atomic E-state index is 10.8. The van der Waals surface area contributed by atoms with Crippen LogP contribution < -0.4 is 4.74 Å². The fraction of sp³-hybridized carbons (Fsp3) is 0.538. The Hall–Kier alpha value is -1.62. The summed E-state index contributed by atoms with van der Waals surface area (Å²) in [6, 6.07) is 1.51. The summed E-state index contributed by atoms with van der Waals surface area (Å²) in [5, 5.41) is 8.88. The third-order valence-electron chi connectivity index (χ3n) is 3.17. The summed E-state index contributed by atoms with van der Waals surface area (Å²) in [6.07, 6.45) is 7.11. The molecule has 18 heavy (non-hydrogen) atoms. The molecule has 0 amide bonds. The van der Waals surface area contributed by atoms with Crippen LogP contribution in [-0.4, -0.2) is 35.4 Å². The molecule has 2 unspecified atom stereocenters. The third kappa shape index (κ3) is 3.20. The number of carboxylic acid groups (broad SMARTS) is 1. The van der Waals surface area contributed by atoms with E-state index in [2.05, 4.69) is 4.98 Å². The molecule has 98 valence electrons. The molecule has 0 radical (unpaired) electrons. The van der Waals surface area contributed by atoms with E-state index in [-0.39, 0.29) is 17.8 Å². The largest absolute Gasteiger partial charge is 0.489 e. The zero-order valence-electron chi connectivity index (χ0n) is 10.3. The molecule has 1 aromatic heterocycles. The van der Waals surface area contributed by atoms with Gasteiger partial charge in [-0.1, -0.05) is 0 Å². The lowest BCUT2D eigenvalue weighted by atomic mass is 9.95. The van der Waals surface area contributed by atoms with Gasteiger partial charge in [-0.3, -0.25) is 4.98 Å². The Morgan fingerprint density at radius 1 is 1.39 bits per heavy atom. The molecule has 0 aliphatic heterocycles. The van der Waals surface area contributed by atoms with Crippen molar-refractivity contribution < 1.29 is 19.4 Å². The predicted molar refractivity (Wildman–Crippen MR) is 64.9 cm³/mol. The number of carboxylic acids is 1. The number of aromatic nitrogens is 1. The molecule has 2 atom stereocenters. The first-order valence-corrected chi connectivity index (χ1v) is 6.07. The molecule has 2 rings (SSSR count). The van der Waals surface area contributed by atoms with Crippen molar-refractivity contribution in [3.63, 3.8) is 0 Å². The molecule has 1 heterocycles. The second-order valence-electron chi connectivity index (χ2n) is 4.48. The van der Waals surface area contributed by atoms with Crippen molar-refractivity contribution in [1.29, 1.82) is 0 Å². The van der Waals surface area contributed by atoms with Gasteiger partial charge in [-0.2, -0.15) is 0 Å². The number of hydrogen-bond donors (Lipinski definition) is 1. The number of nitrogens with zero attached hydrogens (tertiary/aromatic N) is 1. The van der Waals surface area contributed by atoms with E-state index in [1.807, 2.05) is 0 Å². The van der Waals surface area contributed by atoms with Gasteiger partial charge in [-0.05, 0) is 25.3 Å². The second-order valence-corrected chi connectivity index (χ2v) is 4.48. The van der Waals surface area contributed by atoms with E-state index in [1.54, 1.807) is 13.3 Å². The lowest BCUT2D eigenvalue weighted by Gasteiger charge is -2.28. The van der Waals surface area contributed by atoms with Gasteiger partial charge in [0.05, 0.1) is 17.9 Å². The van der Waals surface area contributed by atoms with Crippen LogP contribution in [0.5, 0.6) is 5.75 Å². The van der Waals surface area contributed by atoms with Crippen LogP contribution >= 0.6 is 0 Å². The van der Waals surface area contributed by atoms with Gasteiger partial charge >= 0.3 is 5.97 Å². The maximum Gasteiger partial charge on any atom is 0.337 e. The van der Waals surface area contributed by atoms with Crippen LogP contribution in [0.1, 0.15) is 36.0 Å². The van der Waals surface area contributed by atoms with E-state index in [9.17, 15) is 4.79 Å². The summed E-state index contributed by atoms with van der Waals surface area (Å²) in [4.78, 5) is 14.7. The number of hydrogen-bond acceptors (Lipinski definition) is 4. The maximum absolute atomic E-state index is 10.8. The van der Waals surface area contributed by atoms with E-state index in [0.717, 1.165) is 25.7 Å². The van der Waals surface area contributed by atoms with Crippen molar-refractivity contribution in [2.75, 3.05) is 7.11 Å². The molecule has 5 nitrogen and oxygen atoms in total. The molecule has 0 bridgehead atoms. The van der Waals surface area contributed by atoms with Crippen LogP contribution in [0.4, 0.5) is 0 Å². The highest BCUT2D eigenvalue weighted by atomic mass is 16.5. The van der Waals surface area contributed by atoms with Crippen LogP contribution in [0.15, 0.2) is 18.5 Å². The summed E-state index contributed by atoms with van der Waals surface area (Å²) in [5.74, 6) is -0.483. The van der Waals surface area contributed by atoms with Crippen molar-refractivity contribution in [3.05, 3.63) is 24.0 Å². The Balaban J connectivity index is 2.00. The molecule has 1 saturated carbocycles. The van der Waals surface area contributed by atoms with Crippen LogP contribution in [0.2, 0.25) is 0 Å². The van der Waals surface area contributed by atoms with Gasteiger partial charge in [0.15, 0.2) is 0 Å². The first-order valence-electron chi connectivity index (χ1n) is 6.07. The van der Waals surface area contributed by atoms with E-state index in [1.165, 1.54) is 12.3 Å². The van der Waals surface area contributed by atoms with Crippen molar-refractivity contribution in [2.45, 2.75) is 37.9 Å². The highest BCUT2D eigenvalue weighted by Crippen LogP contribution is 2.25. The Bertz CT molecular complexity index is 421. The summed E-state index contributed by atoms with van der Waals surface area (Å²) in [7, 11) is 1.71. The molecule has 5 heteroatoms. The number of rotatable bonds is 4. The quantitative estimate of drug-likeness (QED) is 0.887. The van der Waals surface area contributed by atoms with Crippen LogP contribution in [0.25, 0.3) is 0 Å². The molecule has 0 saturated heterocycles. The molecular formula is C13H17NO4. The smallest absolute Gasteiger partial charge is 0.337 e. The first kappa shape index (κ1) is 12.8. The molecule has 1 aliphatic rings. The molecular weight excluding hydrogens is 234 g/mol. The van der Waals surface area contributed by atoms with Gasteiger partial charge < -0.3 is 14.6 Å². The second kappa shape index (κ2) is 5.82. The average molecular weight is 251 g/mol. The van der Waals surface area contributed by atoms with Crippen LogP contribution in [-0.2, 0) is 4.74 Å². The molecule has 0 aromatic carbocycles. The van der Waals surface area contributed by atoms with E-state index >= 15 is 0 Å². The summed E-state index contributed by atoms with van der Waals surface area (Å²) >= 11 is 0. The highest BCUT2D eigenvalue weighted by molar-refractivity contribution is 5.87. The Labute approximate surface area is 106 Å². The van der Waals surface area contributed by atoms with Crippen LogP contribution in [0.3, 0.4) is 0 Å². The van der Waals surface area contributed by atoms with Crippen LogP contribution in [0, 0.1) is 0 Å². The van der Waals surface area contributed by atoms with Gasteiger partial charge in [0, 0.05) is 19.7 Å². The molecule has 1 N–H and O–H groups in total. The monoisotopic (exact) mass is 251 g/mol. The SMILES string of the molecule is COC1CCCC(Oc2cncc(C(=O)O)c2)C1. The van der Waals surface area contributed by atoms with E-state index < -0.39 is 5.97 Å². The van der Waals surface area contributed by atoms with E-state index in [4.69, 9.17) is 14.6 Å². The number of methoxy groups -OCH3 is 1. The normalized spacial score (nSPS) is 23.6. The lowest BCUT2D eigenvalue weighted by molar-refractivity contribution is 0.0207. The standard InChI is InChI=1S/C13H17NO4/c1-17-10-3-2-4-11(6-10)18-12-5-9(13(15)16)7-14-8-12/h5,7-8,10-11H,2-4,6H2,1H3,(H,15,16). The molecule has 1 aliphatic carbocycles. The van der Waals surface area contributed by atoms with Crippen molar-refractivity contribution in [1.82, 2.24) is 4.98 Å². The molecule has 1 fully saturated rings. The Kier molecular flexibility index (Phi) is 4.15. The van der Waals surface area contributed by atoms with Gasteiger partial charge in [0.25, 0.3) is 0 Å². The minimum absolute atomic E-state index is 0.0783. The predicted octanol–water partition coefficient (Wildman–Crippen LogP) is 2.12. The minimum atomic E-state index is -0.994. The minimum Gasteiger partial charge on any atom is -0.489 e. The average Bonchev–Trinajstić information content (AvgIpc) is 2.39. The highest BCUT2D eigenvalue weighted by Gasteiger charge is 2.23. The topological polar surface area (TPSA) is 68.7 Å². The third-order valence-corrected chi connectivity index (χ3v) is 3.17. The summed E-state index contributed by atoms with van der Waals surface area (Å²) < 4.78 is 11.1. The van der Waals surface area contributed by atoms with Gasteiger partial charge in [-0.15, -0.1) is 0 Å². The Morgan fingerprint density at radius 2 is 2.17 bits per heavy atom. The lowest BCUT2D eigenvalue weighted by Crippen LogP contribution is -2.29. The number of pyridine rings is 1. The van der Waals surface area contributed by atoms with Gasteiger partial charge in [0.1, 0.15) is 11.9 Å².